The number of rotatable bonds is 9. The number of halogens is 2. The third-order valence-electron chi connectivity index (χ3n) is 3.54. The Morgan fingerprint density at radius 1 is 1.18 bits per heavy atom. The van der Waals surface area contributed by atoms with Gasteiger partial charge in [-0.2, -0.15) is 8.78 Å². The molecular formula is C18H17F2NO7. The molecule has 0 N–H and O–H groups in total. The quantitative estimate of drug-likeness (QED) is 0.359. The zero-order valence-corrected chi connectivity index (χ0v) is 15.0. The van der Waals surface area contributed by atoms with E-state index < -0.39 is 35.5 Å². The van der Waals surface area contributed by atoms with Gasteiger partial charge in [-0.1, -0.05) is 0 Å². The van der Waals surface area contributed by atoms with Gasteiger partial charge in [0.05, 0.1) is 35.8 Å². The molecule has 2 aromatic rings. The number of esters is 1. The highest BCUT2D eigenvalue weighted by Gasteiger charge is 2.23. The first-order valence-electron chi connectivity index (χ1n) is 8.05. The topological polar surface area (TPSA) is 97.1 Å². The number of nitrogens with zero attached hydrogens (tertiary/aromatic N) is 1. The first kappa shape index (κ1) is 20.9. The van der Waals surface area contributed by atoms with E-state index >= 15 is 0 Å². The molecule has 0 heterocycles. The highest BCUT2D eigenvalue weighted by atomic mass is 19.3. The van der Waals surface area contributed by atoms with Crippen molar-refractivity contribution in [2.45, 2.75) is 20.1 Å². The van der Waals surface area contributed by atoms with Crippen LogP contribution >= 0.6 is 0 Å². The lowest BCUT2D eigenvalue weighted by atomic mass is 10.1. The molecule has 2 rings (SSSR count). The van der Waals surface area contributed by atoms with Gasteiger partial charge < -0.3 is 18.9 Å². The lowest BCUT2D eigenvalue weighted by molar-refractivity contribution is -0.386. The van der Waals surface area contributed by atoms with Crippen molar-refractivity contribution in [1.82, 2.24) is 0 Å². The van der Waals surface area contributed by atoms with Crippen molar-refractivity contribution in [2.24, 2.45) is 0 Å². The first-order valence-corrected chi connectivity index (χ1v) is 8.05. The predicted molar refractivity (Wildman–Crippen MR) is 93.0 cm³/mol. The third-order valence-corrected chi connectivity index (χ3v) is 3.54. The van der Waals surface area contributed by atoms with Gasteiger partial charge in [-0.05, 0) is 37.3 Å². The summed E-state index contributed by atoms with van der Waals surface area (Å²) in [5.41, 5.74) is -0.366. The molecule has 0 aliphatic heterocycles. The van der Waals surface area contributed by atoms with E-state index in [1.165, 1.54) is 19.2 Å². The molecule has 0 saturated heterocycles. The van der Waals surface area contributed by atoms with Crippen LogP contribution in [0.4, 0.5) is 14.5 Å². The Kier molecular flexibility index (Phi) is 7.08. The minimum Gasteiger partial charge on any atom is -0.494 e. The number of carbonyl (C=O) groups excluding carboxylic acids is 1. The van der Waals surface area contributed by atoms with E-state index in [0.29, 0.717) is 12.4 Å². The summed E-state index contributed by atoms with van der Waals surface area (Å²) >= 11 is 0. The van der Waals surface area contributed by atoms with Gasteiger partial charge in [-0.3, -0.25) is 10.1 Å². The summed E-state index contributed by atoms with van der Waals surface area (Å²) in [7, 11) is 1.19. The number of hydrogen-bond acceptors (Lipinski definition) is 7. The largest absolute Gasteiger partial charge is 0.494 e. The highest BCUT2D eigenvalue weighted by molar-refractivity contribution is 5.89. The van der Waals surface area contributed by atoms with E-state index in [9.17, 15) is 23.7 Å². The number of alkyl halides is 2. The van der Waals surface area contributed by atoms with Crippen molar-refractivity contribution >= 4 is 11.7 Å². The molecule has 0 saturated carbocycles. The molecule has 8 nitrogen and oxygen atoms in total. The minimum atomic E-state index is -3.18. The Morgan fingerprint density at radius 2 is 1.86 bits per heavy atom. The van der Waals surface area contributed by atoms with Gasteiger partial charge in [-0.15, -0.1) is 0 Å². The molecule has 0 aromatic heterocycles. The summed E-state index contributed by atoms with van der Waals surface area (Å²) in [5, 5.41) is 11.2. The standard InChI is InChI=1S/C18H17F2NO7/c1-3-26-13-6-4-11(5-7-13)17(22)27-10-12-8-15(25-2)16(28-18(19)20)9-14(12)21(23)24/h4-9,18H,3,10H2,1-2H3. The fourth-order valence-electron chi connectivity index (χ4n) is 2.31. The zero-order chi connectivity index (χ0) is 20.7. The van der Waals surface area contributed by atoms with Crippen LogP contribution in [0.15, 0.2) is 36.4 Å². The predicted octanol–water partition coefficient (Wildman–Crippen LogP) is 3.96. The van der Waals surface area contributed by atoms with E-state index in [4.69, 9.17) is 14.2 Å². The summed E-state index contributed by atoms with van der Waals surface area (Å²) in [6.07, 6.45) is 0. The van der Waals surface area contributed by atoms with E-state index in [1.54, 1.807) is 12.1 Å². The zero-order valence-electron chi connectivity index (χ0n) is 15.0. The lowest BCUT2D eigenvalue weighted by Crippen LogP contribution is -2.08. The average molecular weight is 397 g/mol. The van der Waals surface area contributed by atoms with E-state index in [1.807, 2.05) is 6.92 Å². The van der Waals surface area contributed by atoms with Crippen LogP contribution in [0.25, 0.3) is 0 Å². The Hall–Kier alpha value is -3.43. The van der Waals surface area contributed by atoms with Gasteiger partial charge >= 0.3 is 12.6 Å². The van der Waals surface area contributed by atoms with Crippen LogP contribution in [-0.2, 0) is 11.3 Å². The van der Waals surface area contributed by atoms with E-state index in [2.05, 4.69) is 4.74 Å². The molecule has 28 heavy (non-hydrogen) atoms. The molecule has 0 aliphatic rings. The van der Waals surface area contributed by atoms with Crippen LogP contribution in [0.1, 0.15) is 22.8 Å². The normalized spacial score (nSPS) is 10.5. The van der Waals surface area contributed by atoms with Gasteiger partial charge in [0.15, 0.2) is 11.5 Å². The lowest BCUT2D eigenvalue weighted by Gasteiger charge is -2.12. The van der Waals surface area contributed by atoms with Crippen LogP contribution in [-0.4, -0.2) is 31.2 Å². The molecule has 0 unspecified atom stereocenters. The summed E-state index contributed by atoms with van der Waals surface area (Å²) in [5.74, 6) is -0.790. The second kappa shape index (κ2) is 9.49. The Labute approximate surface area is 158 Å². The highest BCUT2D eigenvalue weighted by Crippen LogP contribution is 2.36. The van der Waals surface area contributed by atoms with Gasteiger partial charge in [0.1, 0.15) is 12.4 Å². The molecule has 0 spiro atoms. The number of benzene rings is 2. The molecular weight excluding hydrogens is 380 g/mol. The summed E-state index contributed by atoms with van der Waals surface area (Å²) in [6, 6.07) is 8.06. The summed E-state index contributed by atoms with van der Waals surface area (Å²) < 4.78 is 44.4. The molecule has 0 fully saturated rings. The maximum atomic E-state index is 12.5. The molecule has 150 valence electrons. The van der Waals surface area contributed by atoms with Crippen molar-refractivity contribution in [3.63, 3.8) is 0 Å². The fourth-order valence-corrected chi connectivity index (χ4v) is 2.31. The number of hydrogen-bond donors (Lipinski definition) is 0. The maximum absolute atomic E-state index is 12.5. The summed E-state index contributed by atoms with van der Waals surface area (Å²) in [6.45, 7) is -1.35. The minimum absolute atomic E-state index is 0.0391. The third kappa shape index (κ3) is 5.29. The number of ether oxygens (including phenoxy) is 4. The fraction of sp³-hybridized carbons (Fsp3) is 0.278. The molecule has 0 aliphatic carbocycles. The van der Waals surface area contributed by atoms with Crippen molar-refractivity contribution in [3.05, 3.63) is 57.6 Å². The molecule has 0 bridgehead atoms. The van der Waals surface area contributed by atoms with Gasteiger partial charge in [-0.25, -0.2) is 4.79 Å². The smallest absolute Gasteiger partial charge is 0.387 e. The van der Waals surface area contributed by atoms with Crippen LogP contribution in [0, 0.1) is 10.1 Å². The van der Waals surface area contributed by atoms with Gasteiger partial charge in [0.2, 0.25) is 0 Å². The van der Waals surface area contributed by atoms with Crippen molar-refractivity contribution in [1.29, 1.82) is 0 Å². The number of methoxy groups -OCH3 is 1. The monoisotopic (exact) mass is 397 g/mol. The second-order valence-electron chi connectivity index (χ2n) is 5.30. The Balaban J connectivity index is 2.19. The molecule has 0 atom stereocenters. The molecule has 2 aromatic carbocycles. The van der Waals surface area contributed by atoms with Crippen molar-refractivity contribution in [3.8, 4) is 17.2 Å². The number of nitro groups is 1. The van der Waals surface area contributed by atoms with Crippen LogP contribution < -0.4 is 14.2 Å². The van der Waals surface area contributed by atoms with Crippen molar-refractivity contribution < 1.29 is 37.4 Å². The Bertz CT molecular complexity index is 841. The van der Waals surface area contributed by atoms with E-state index in [-0.39, 0.29) is 16.9 Å². The van der Waals surface area contributed by atoms with Gasteiger partial charge in [0.25, 0.3) is 5.69 Å². The number of carbonyl (C=O) groups is 1. The van der Waals surface area contributed by atoms with Gasteiger partial charge in [0, 0.05) is 0 Å². The molecule has 0 amide bonds. The average Bonchev–Trinajstić information content (AvgIpc) is 2.66. The maximum Gasteiger partial charge on any atom is 0.387 e. The number of nitro benzene ring substituents is 1. The SMILES string of the molecule is CCOc1ccc(C(=O)OCc2cc(OC)c(OC(F)F)cc2[N+](=O)[O-])cc1. The Morgan fingerprint density at radius 3 is 2.39 bits per heavy atom. The van der Waals surface area contributed by atoms with Crippen LogP contribution in [0.3, 0.4) is 0 Å². The van der Waals surface area contributed by atoms with Crippen LogP contribution in [0.2, 0.25) is 0 Å². The first-order chi connectivity index (χ1) is 13.3. The second-order valence-corrected chi connectivity index (χ2v) is 5.30. The molecule has 0 radical (unpaired) electrons. The van der Waals surface area contributed by atoms with Crippen LogP contribution in [0.5, 0.6) is 17.2 Å². The van der Waals surface area contributed by atoms with E-state index in [0.717, 1.165) is 12.1 Å². The summed E-state index contributed by atoms with van der Waals surface area (Å²) in [4.78, 5) is 22.6. The van der Waals surface area contributed by atoms with Crippen molar-refractivity contribution in [2.75, 3.05) is 13.7 Å². The molecule has 10 heteroatoms.